The van der Waals surface area contributed by atoms with Gasteiger partial charge in [0.15, 0.2) is 11.5 Å². The Hall–Kier alpha value is -3.12. The van der Waals surface area contributed by atoms with E-state index in [1.807, 2.05) is 23.1 Å². The van der Waals surface area contributed by atoms with Crippen LogP contribution < -0.4 is 4.90 Å². The molecule has 1 aromatic carbocycles. The summed E-state index contributed by atoms with van der Waals surface area (Å²) in [7, 11) is 1.30. The fourth-order valence-corrected chi connectivity index (χ4v) is 3.48. The standard InChI is InChI=1S/C19H19N5O3S/c1-27-19(26)16-5-6-17(22-21-16)23-8-10-24(11-9-23)18(25)14-3-2-4-15(13-14)28-12-7-20/h2-6,13H,8-12H2,1H3. The van der Waals surface area contributed by atoms with Crippen molar-refractivity contribution in [3.63, 3.8) is 0 Å². The predicted molar refractivity (Wildman–Crippen MR) is 104 cm³/mol. The van der Waals surface area contributed by atoms with Crippen LogP contribution in [0.2, 0.25) is 0 Å². The number of anilines is 1. The zero-order valence-electron chi connectivity index (χ0n) is 15.4. The van der Waals surface area contributed by atoms with Gasteiger partial charge in [-0.05, 0) is 30.3 Å². The third-order valence-electron chi connectivity index (χ3n) is 4.32. The lowest BCUT2D eigenvalue weighted by Crippen LogP contribution is -2.49. The van der Waals surface area contributed by atoms with Gasteiger partial charge in [-0.2, -0.15) is 5.26 Å². The van der Waals surface area contributed by atoms with Gasteiger partial charge in [-0.25, -0.2) is 4.79 Å². The molecule has 144 valence electrons. The molecule has 1 aromatic heterocycles. The summed E-state index contributed by atoms with van der Waals surface area (Å²) in [6.07, 6.45) is 0. The van der Waals surface area contributed by atoms with Crippen molar-refractivity contribution in [1.29, 1.82) is 5.26 Å². The van der Waals surface area contributed by atoms with Crippen LogP contribution in [-0.2, 0) is 4.74 Å². The number of rotatable bonds is 5. The van der Waals surface area contributed by atoms with Crippen molar-refractivity contribution in [3.05, 3.63) is 47.7 Å². The van der Waals surface area contributed by atoms with Gasteiger partial charge in [-0.1, -0.05) is 6.07 Å². The van der Waals surface area contributed by atoms with Gasteiger partial charge in [0.25, 0.3) is 5.91 Å². The average Bonchev–Trinajstić information content (AvgIpc) is 2.77. The molecule has 0 unspecified atom stereocenters. The topological polar surface area (TPSA) is 99.4 Å². The molecule has 1 saturated heterocycles. The number of esters is 1. The molecule has 8 nitrogen and oxygen atoms in total. The van der Waals surface area contributed by atoms with Crippen molar-refractivity contribution < 1.29 is 14.3 Å². The summed E-state index contributed by atoms with van der Waals surface area (Å²) < 4.78 is 4.62. The molecule has 0 bridgehead atoms. The van der Waals surface area contributed by atoms with Crippen molar-refractivity contribution in [2.75, 3.05) is 43.9 Å². The van der Waals surface area contributed by atoms with Crippen LogP contribution in [0.25, 0.3) is 0 Å². The van der Waals surface area contributed by atoms with Crippen LogP contribution in [-0.4, -0.2) is 66.0 Å². The molecule has 1 aliphatic heterocycles. The van der Waals surface area contributed by atoms with E-state index in [-0.39, 0.29) is 11.6 Å². The summed E-state index contributed by atoms with van der Waals surface area (Å²) >= 11 is 1.41. The first-order chi connectivity index (χ1) is 13.6. The zero-order chi connectivity index (χ0) is 19.9. The third kappa shape index (κ3) is 4.58. The van der Waals surface area contributed by atoms with Crippen molar-refractivity contribution in [3.8, 4) is 6.07 Å². The molecule has 0 spiro atoms. The fourth-order valence-electron chi connectivity index (χ4n) is 2.86. The van der Waals surface area contributed by atoms with Gasteiger partial charge in [0.05, 0.1) is 18.9 Å². The SMILES string of the molecule is COC(=O)c1ccc(N2CCN(C(=O)c3cccc(SCC#N)c3)CC2)nn1. The summed E-state index contributed by atoms with van der Waals surface area (Å²) in [6.45, 7) is 2.38. The normalized spacial score (nSPS) is 13.7. The molecule has 1 aliphatic rings. The highest BCUT2D eigenvalue weighted by Crippen LogP contribution is 2.20. The number of aromatic nitrogens is 2. The Kier molecular flexibility index (Phi) is 6.45. The number of hydrogen-bond donors (Lipinski definition) is 0. The Morgan fingerprint density at radius 1 is 1.18 bits per heavy atom. The van der Waals surface area contributed by atoms with Gasteiger partial charge in [0.1, 0.15) is 0 Å². The van der Waals surface area contributed by atoms with E-state index in [1.165, 1.54) is 18.9 Å². The van der Waals surface area contributed by atoms with Crippen LogP contribution in [0, 0.1) is 11.3 Å². The number of hydrogen-bond acceptors (Lipinski definition) is 8. The predicted octanol–water partition coefficient (Wildman–Crippen LogP) is 1.84. The molecule has 9 heteroatoms. The number of nitriles is 1. The van der Waals surface area contributed by atoms with Gasteiger partial charge in [0, 0.05) is 36.6 Å². The zero-order valence-corrected chi connectivity index (χ0v) is 16.2. The summed E-state index contributed by atoms with van der Waals surface area (Å²) in [5.74, 6) is 0.469. The number of carbonyl (C=O) groups excluding carboxylic acids is 2. The number of amides is 1. The maximum absolute atomic E-state index is 12.8. The smallest absolute Gasteiger partial charge is 0.358 e. The highest BCUT2D eigenvalue weighted by molar-refractivity contribution is 7.99. The van der Waals surface area contributed by atoms with Crippen LogP contribution >= 0.6 is 11.8 Å². The van der Waals surface area contributed by atoms with E-state index < -0.39 is 5.97 Å². The minimum absolute atomic E-state index is 0.0221. The van der Waals surface area contributed by atoms with E-state index >= 15 is 0 Å². The number of thioether (sulfide) groups is 1. The Bertz CT molecular complexity index is 889. The summed E-state index contributed by atoms with van der Waals surface area (Å²) in [4.78, 5) is 29.0. The van der Waals surface area contributed by atoms with Crippen LogP contribution in [0.3, 0.4) is 0 Å². The van der Waals surface area contributed by atoms with E-state index in [4.69, 9.17) is 5.26 Å². The summed E-state index contributed by atoms with van der Waals surface area (Å²) in [5.41, 5.74) is 0.785. The van der Waals surface area contributed by atoms with E-state index in [2.05, 4.69) is 21.0 Å². The van der Waals surface area contributed by atoms with Gasteiger partial charge < -0.3 is 14.5 Å². The minimum atomic E-state index is -0.523. The molecule has 0 N–H and O–H groups in total. The molecule has 3 rings (SSSR count). The van der Waals surface area contributed by atoms with E-state index in [0.717, 1.165) is 4.90 Å². The fraction of sp³-hybridized carbons (Fsp3) is 0.316. The highest BCUT2D eigenvalue weighted by Gasteiger charge is 2.23. The van der Waals surface area contributed by atoms with Crippen LogP contribution in [0.15, 0.2) is 41.3 Å². The molecule has 28 heavy (non-hydrogen) atoms. The number of methoxy groups -OCH3 is 1. The lowest BCUT2D eigenvalue weighted by Gasteiger charge is -2.35. The van der Waals surface area contributed by atoms with Crippen molar-refractivity contribution in [2.45, 2.75) is 4.90 Å². The molecule has 2 heterocycles. The molecule has 1 fully saturated rings. The largest absolute Gasteiger partial charge is 0.464 e. The molecule has 0 atom stereocenters. The molecular weight excluding hydrogens is 378 g/mol. The summed E-state index contributed by atoms with van der Waals surface area (Å²) in [5, 5.41) is 16.7. The number of nitrogens with zero attached hydrogens (tertiary/aromatic N) is 5. The number of piperazine rings is 1. The van der Waals surface area contributed by atoms with Gasteiger partial charge >= 0.3 is 5.97 Å². The van der Waals surface area contributed by atoms with Crippen molar-refractivity contribution in [2.24, 2.45) is 0 Å². The first kappa shape index (κ1) is 19.6. The van der Waals surface area contributed by atoms with Gasteiger partial charge in [-0.3, -0.25) is 4.79 Å². The van der Waals surface area contributed by atoms with E-state index in [0.29, 0.717) is 43.3 Å². The lowest BCUT2D eigenvalue weighted by molar-refractivity contribution is 0.0592. The maximum Gasteiger partial charge on any atom is 0.358 e. The third-order valence-corrected chi connectivity index (χ3v) is 5.18. The van der Waals surface area contributed by atoms with Gasteiger partial charge in [0.2, 0.25) is 0 Å². The molecule has 2 aromatic rings. The monoisotopic (exact) mass is 397 g/mol. The van der Waals surface area contributed by atoms with Crippen LogP contribution in [0.1, 0.15) is 20.8 Å². The van der Waals surface area contributed by atoms with Crippen molar-refractivity contribution in [1.82, 2.24) is 15.1 Å². The Morgan fingerprint density at radius 2 is 1.96 bits per heavy atom. The first-order valence-electron chi connectivity index (χ1n) is 8.68. The minimum Gasteiger partial charge on any atom is -0.464 e. The number of benzene rings is 1. The van der Waals surface area contributed by atoms with Crippen molar-refractivity contribution >= 4 is 29.5 Å². The molecule has 0 radical (unpaired) electrons. The quantitative estimate of drug-likeness (QED) is 0.557. The Balaban J connectivity index is 1.60. The number of ether oxygens (including phenoxy) is 1. The molecule has 1 amide bonds. The average molecular weight is 397 g/mol. The summed E-state index contributed by atoms with van der Waals surface area (Å²) in [6, 6.07) is 12.7. The van der Waals surface area contributed by atoms with Crippen LogP contribution in [0.5, 0.6) is 0 Å². The van der Waals surface area contributed by atoms with Gasteiger partial charge in [-0.15, -0.1) is 22.0 Å². The Morgan fingerprint density at radius 3 is 2.61 bits per heavy atom. The second kappa shape index (κ2) is 9.19. The number of carbonyl (C=O) groups is 2. The molecular formula is C19H19N5O3S. The first-order valence-corrected chi connectivity index (χ1v) is 9.67. The lowest BCUT2D eigenvalue weighted by atomic mass is 10.2. The van der Waals surface area contributed by atoms with Crippen LogP contribution in [0.4, 0.5) is 5.82 Å². The highest BCUT2D eigenvalue weighted by atomic mass is 32.2. The molecule has 0 aliphatic carbocycles. The Labute approximate surface area is 167 Å². The maximum atomic E-state index is 12.8. The van der Waals surface area contributed by atoms with E-state index in [9.17, 15) is 9.59 Å². The second-order valence-electron chi connectivity index (χ2n) is 6.02. The van der Waals surface area contributed by atoms with E-state index in [1.54, 1.807) is 23.1 Å². The molecule has 0 saturated carbocycles. The second-order valence-corrected chi connectivity index (χ2v) is 7.07.